The third-order valence-electron chi connectivity index (χ3n) is 1.94. The van der Waals surface area contributed by atoms with Crippen molar-refractivity contribution in [3.63, 3.8) is 0 Å². The van der Waals surface area contributed by atoms with Crippen LogP contribution in [0.25, 0.3) is 0 Å². The predicted octanol–water partition coefficient (Wildman–Crippen LogP) is 2.59. The number of aromatic nitrogens is 1. The van der Waals surface area contributed by atoms with Crippen LogP contribution in [0.15, 0.2) is 11.6 Å². The molecule has 1 rings (SSSR count). The Morgan fingerprint density at radius 1 is 1.67 bits per heavy atom. The average molecular weight is 184 g/mol. The van der Waals surface area contributed by atoms with Crippen LogP contribution in [-0.2, 0) is 0 Å². The van der Waals surface area contributed by atoms with Crippen LogP contribution < -0.4 is 5.32 Å². The topological polar surface area (TPSA) is 24.9 Å². The normalized spacial score (nSPS) is 13.2. The van der Waals surface area contributed by atoms with Gasteiger partial charge in [-0.3, -0.25) is 0 Å². The Labute approximate surface area is 78.0 Å². The lowest BCUT2D eigenvalue weighted by atomic mass is 10.1. The molecule has 0 saturated carbocycles. The molecule has 1 atom stereocenters. The molecule has 0 aliphatic heterocycles. The second-order valence-corrected chi connectivity index (χ2v) is 3.78. The molecule has 12 heavy (non-hydrogen) atoms. The molecule has 0 spiro atoms. The maximum Gasteiger partial charge on any atom is 0.109 e. The lowest BCUT2D eigenvalue weighted by Gasteiger charge is -2.11. The number of hydrogen-bond acceptors (Lipinski definition) is 3. The molecule has 0 radical (unpaired) electrons. The summed E-state index contributed by atoms with van der Waals surface area (Å²) in [5, 5.41) is 6.53. The van der Waals surface area contributed by atoms with Crippen molar-refractivity contribution in [1.82, 2.24) is 10.3 Å². The number of hydrogen-bond donors (Lipinski definition) is 1. The summed E-state index contributed by atoms with van der Waals surface area (Å²) in [6.45, 7) is 2.22. The van der Waals surface area contributed by atoms with Gasteiger partial charge in [-0.25, -0.2) is 4.98 Å². The molecular formula is C9H16N2S. The first-order valence-electron chi connectivity index (χ1n) is 4.45. The number of nitrogens with zero attached hydrogens (tertiary/aromatic N) is 1. The van der Waals surface area contributed by atoms with E-state index in [1.54, 1.807) is 11.3 Å². The van der Waals surface area contributed by atoms with Crippen LogP contribution in [0.3, 0.4) is 0 Å². The second kappa shape index (κ2) is 5.27. The molecule has 1 heterocycles. The smallest absolute Gasteiger partial charge is 0.109 e. The zero-order chi connectivity index (χ0) is 8.81. The Bertz CT molecular complexity index is 196. The highest BCUT2D eigenvalue weighted by molar-refractivity contribution is 7.09. The maximum absolute atomic E-state index is 4.30. The van der Waals surface area contributed by atoms with Gasteiger partial charge in [-0.15, -0.1) is 11.3 Å². The van der Waals surface area contributed by atoms with E-state index in [9.17, 15) is 0 Å². The first kappa shape index (κ1) is 9.68. The Morgan fingerprint density at radius 2 is 2.50 bits per heavy atom. The Balaban J connectivity index is 2.45. The first-order valence-corrected chi connectivity index (χ1v) is 5.33. The van der Waals surface area contributed by atoms with Crippen molar-refractivity contribution in [3.05, 3.63) is 16.6 Å². The summed E-state index contributed by atoms with van der Waals surface area (Å²) in [6, 6.07) is 0.463. The van der Waals surface area contributed by atoms with Gasteiger partial charge in [0.2, 0.25) is 0 Å². The summed E-state index contributed by atoms with van der Waals surface area (Å²) in [4.78, 5) is 4.30. The summed E-state index contributed by atoms with van der Waals surface area (Å²) in [7, 11) is 2.00. The average Bonchev–Trinajstić information content (AvgIpc) is 2.59. The highest BCUT2D eigenvalue weighted by atomic mass is 32.1. The van der Waals surface area contributed by atoms with Gasteiger partial charge in [0.25, 0.3) is 0 Å². The minimum absolute atomic E-state index is 0.463. The van der Waals surface area contributed by atoms with E-state index in [1.165, 1.54) is 24.3 Å². The lowest BCUT2D eigenvalue weighted by Crippen LogP contribution is -2.15. The summed E-state index contributed by atoms with van der Waals surface area (Å²) in [6.07, 6.45) is 5.59. The van der Waals surface area contributed by atoms with E-state index in [0.717, 1.165) is 0 Å². The van der Waals surface area contributed by atoms with Gasteiger partial charge in [0, 0.05) is 11.6 Å². The van der Waals surface area contributed by atoms with Crippen LogP contribution in [0.2, 0.25) is 0 Å². The summed E-state index contributed by atoms with van der Waals surface area (Å²) in [5.74, 6) is 0. The largest absolute Gasteiger partial charge is 0.311 e. The molecule has 0 amide bonds. The highest BCUT2D eigenvalue weighted by Gasteiger charge is 2.09. The van der Waals surface area contributed by atoms with Crippen LogP contribution in [0.4, 0.5) is 0 Å². The number of nitrogens with one attached hydrogen (secondary N) is 1. The zero-order valence-electron chi connectivity index (χ0n) is 7.71. The SMILES string of the molecule is CCCCC(NC)c1nccs1. The van der Waals surface area contributed by atoms with Crippen LogP contribution >= 0.6 is 11.3 Å². The monoisotopic (exact) mass is 184 g/mol. The Morgan fingerprint density at radius 3 is 3.00 bits per heavy atom. The molecule has 1 unspecified atom stereocenters. The second-order valence-electron chi connectivity index (χ2n) is 2.85. The van der Waals surface area contributed by atoms with E-state index in [1.807, 2.05) is 18.6 Å². The fourth-order valence-corrected chi connectivity index (χ4v) is 1.99. The molecule has 1 aromatic rings. The van der Waals surface area contributed by atoms with Gasteiger partial charge in [0.05, 0.1) is 6.04 Å². The molecule has 1 N–H and O–H groups in total. The van der Waals surface area contributed by atoms with Crippen molar-refractivity contribution in [3.8, 4) is 0 Å². The van der Waals surface area contributed by atoms with E-state index in [-0.39, 0.29) is 0 Å². The van der Waals surface area contributed by atoms with Crippen LogP contribution in [-0.4, -0.2) is 12.0 Å². The van der Waals surface area contributed by atoms with E-state index in [0.29, 0.717) is 6.04 Å². The third-order valence-corrected chi connectivity index (χ3v) is 2.83. The van der Waals surface area contributed by atoms with E-state index < -0.39 is 0 Å². The minimum Gasteiger partial charge on any atom is -0.311 e. The van der Waals surface area contributed by atoms with Crippen molar-refractivity contribution < 1.29 is 0 Å². The molecular weight excluding hydrogens is 168 g/mol. The van der Waals surface area contributed by atoms with Gasteiger partial charge in [-0.05, 0) is 13.5 Å². The van der Waals surface area contributed by atoms with Crippen LogP contribution in [0, 0.1) is 0 Å². The molecule has 0 aromatic carbocycles. The first-order chi connectivity index (χ1) is 5.88. The summed E-state index contributed by atoms with van der Waals surface area (Å²) < 4.78 is 0. The van der Waals surface area contributed by atoms with Crippen molar-refractivity contribution in [2.45, 2.75) is 32.2 Å². The van der Waals surface area contributed by atoms with Crippen LogP contribution in [0.1, 0.15) is 37.2 Å². The zero-order valence-corrected chi connectivity index (χ0v) is 8.53. The van der Waals surface area contributed by atoms with Gasteiger partial charge in [-0.2, -0.15) is 0 Å². The minimum atomic E-state index is 0.463. The van der Waals surface area contributed by atoms with Gasteiger partial charge < -0.3 is 5.32 Å². The van der Waals surface area contributed by atoms with Crippen molar-refractivity contribution in [2.75, 3.05) is 7.05 Å². The Kier molecular flexibility index (Phi) is 4.25. The molecule has 0 saturated heterocycles. The van der Waals surface area contributed by atoms with E-state index in [2.05, 4.69) is 17.2 Å². The van der Waals surface area contributed by atoms with E-state index >= 15 is 0 Å². The number of rotatable bonds is 5. The third kappa shape index (κ3) is 2.57. The molecule has 68 valence electrons. The summed E-state index contributed by atoms with van der Waals surface area (Å²) in [5.41, 5.74) is 0. The number of unbranched alkanes of at least 4 members (excludes halogenated alkanes) is 1. The van der Waals surface area contributed by atoms with Crippen LogP contribution in [0.5, 0.6) is 0 Å². The summed E-state index contributed by atoms with van der Waals surface area (Å²) >= 11 is 1.73. The quantitative estimate of drug-likeness (QED) is 0.761. The maximum atomic E-state index is 4.30. The molecule has 0 fully saturated rings. The van der Waals surface area contributed by atoms with Crippen molar-refractivity contribution in [2.24, 2.45) is 0 Å². The molecule has 1 aromatic heterocycles. The molecule has 3 heteroatoms. The Hall–Kier alpha value is -0.410. The van der Waals surface area contributed by atoms with Gasteiger partial charge in [-0.1, -0.05) is 19.8 Å². The number of thiazole rings is 1. The molecule has 0 aliphatic carbocycles. The van der Waals surface area contributed by atoms with Gasteiger partial charge in [0.1, 0.15) is 5.01 Å². The highest BCUT2D eigenvalue weighted by Crippen LogP contribution is 2.20. The molecule has 0 aliphatic rings. The van der Waals surface area contributed by atoms with Crippen molar-refractivity contribution >= 4 is 11.3 Å². The van der Waals surface area contributed by atoms with Gasteiger partial charge in [0.15, 0.2) is 0 Å². The van der Waals surface area contributed by atoms with Gasteiger partial charge >= 0.3 is 0 Å². The standard InChI is InChI=1S/C9H16N2S/c1-3-4-5-8(10-2)9-11-6-7-12-9/h6-8,10H,3-5H2,1-2H3. The fraction of sp³-hybridized carbons (Fsp3) is 0.667. The fourth-order valence-electron chi connectivity index (χ4n) is 1.21. The predicted molar refractivity (Wildman–Crippen MR) is 53.4 cm³/mol. The van der Waals surface area contributed by atoms with E-state index in [4.69, 9.17) is 0 Å². The lowest BCUT2D eigenvalue weighted by molar-refractivity contribution is 0.520. The van der Waals surface area contributed by atoms with Crippen molar-refractivity contribution in [1.29, 1.82) is 0 Å². The molecule has 2 nitrogen and oxygen atoms in total. The molecule has 0 bridgehead atoms.